The van der Waals surface area contributed by atoms with Crippen LogP contribution in [0.3, 0.4) is 0 Å². The predicted molar refractivity (Wildman–Crippen MR) is 131 cm³/mol. The van der Waals surface area contributed by atoms with Crippen LogP contribution in [-0.2, 0) is 16.0 Å². The van der Waals surface area contributed by atoms with Crippen molar-refractivity contribution < 1.29 is 43.1 Å². The van der Waals surface area contributed by atoms with Crippen molar-refractivity contribution in [3.05, 3.63) is 35.4 Å². The smallest absolute Gasteiger partial charge is 0.331 e. The topological polar surface area (TPSA) is 102 Å². The molecule has 194 valence electrons. The van der Waals surface area contributed by atoms with Crippen LogP contribution in [-0.4, -0.2) is 51.9 Å². The lowest BCUT2D eigenvalue weighted by atomic mass is 9.73. The molecular weight excluding hydrogens is 468 g/mol. The molecule has 0 amide bonds. The number of carbonyl (C=O) groups is 1. The van der Waals surface area contributed by atoms with Gasteiger partial charge in [-0.05, 0) is 43.9 Å². The Morgan fingerprint density at radius 1 is 1.03 bits per heavy atom. The summed E-state index contributed by atoms with van der Waals surface area (Å²) in [7, 11) is 6.07. The number of ether oxygens (including phenoxy) is 7. The second-order valence-corrected chi connectivity index (χ2v) is 8.94. The minimum Gasteiger partial charge on any atom is -0.493 e. The van der Waals surface area contributed by atoms with E-state index in [9.17, 15) is 9.90 Å². The lowest BCUT2D eigenvalue weighted by Crippen LogP contribution is -2.43. The van der Waals surface area contributed by atoms with Gasteiger partial charge in [0.2, 0.25) is 18.3 Å². The number of fused-ring (bicyclic) bond motifs is 4. The molecule has 9 heteroatoms. The van der Waals surface area contributed by atoms with Crippen molar-refractivity contribution in [1.82, 2.24) is 0 Å². The summed E-state index contributed by atoms with van der Waals surface area (Å²) in [5.41, 5.74) is 1.04. The molecule has 2 aromatic carbocycles. The van der Waals surface area contributed by atoms with Crippen LogP contribution in [0.1, 0.15) is 38.0 Å². The third-order valence-electron chi connectivity index (χ3n) is 6.89. The number of allylic oxidation sites excluding steroid dienone is 1. The average molecular weight is 501 g/mol. The maximum Gasteiger partial charge on any atom is 0.331 e. The first-order chi connectivity index (χ1) is 17.2. The van der Waals surface area contributed by atoms with E-state index in [1.807, 2.05) is 13.0 Å². The van der Waals surface area contributed by atoms with Gasteiger partial charge in [-0.15, -0.1) is 0 Å². The molecule has 2 aliphatic rings. The molecule has 0 aromatic heterocycles. The molecule has 3 atom stereocenters. The molecule has 36 heavy (non-hydrogen) atoms. The molecule has 1 aliphatic carbocycles. The van der Waals surface area contributed by atoms with Gasteiger partial charge in [-0.1, -0.05) is 13.0 Å². The quantitative estimate of drug-likeness (QED) is 0.461. The molecule has 0 saturated heterocycles. The van der Waals surface area contributed by atoms with Gasteiger partial charge in [0, 0.05) is 22.8 Å². The second-order valence-electron chi connectivity index (χ2n) is 8.94. The van der Waals surface area contributed by atoms with E-state index in [0.717, 1.165) is 5.56 Å². The van der Waals surface area contributed by atoms with Crippen molar-refractivity contribution >= 4 is 5.97 Å². The van der Waals surface area contributed by atoms with Crippen molar-refractivity contribution in [1.29, 1.82) is 0 Å². The van der Waals surface area contributed by atoms with E-state index >= 15 is 0 Å². The van der Waals surface area contributed by atoms with E-state index < -0.39 is 17.7 Å². The highest BCUT2D eigenvalue weighted by Gasteiger charge is 2.46. The molecule has 0 bridgehead atoms. The summed E-state index contributed by atoms with van der Waals surface area (Å²) in [6.07, 6.45) is 2.23. The number of carbonyl (C=O) groups excluding carboxylic acids is 1. The summed E-state index contributed by atoms with van der Waals surface area (Å²) >= 11 is 0. The zero-order chi connectivity index (χ0) is 26.2. The van der Waals surface area contributed by atoms with Gasteiger partial charge < -0.3 is 38.3 Å². The molecule has 1 heterocycles. The van der Waals surface area contributed by atoms with Crippen LogP contribution < -0.4 is 28.4 Å². The van der Waals surface area contributed by atoms with E-state index in [1.165, 1.54) is 27.4 Å². The van der Waals surface area contributed by atoms with E-state index in [2.05, 4.69) is 0 Å². The van der Waals surface area contributed by atoms with Crippen LogP contribution >= 0.6 is 0 Å². The van der Waals surface area contributed by atoms with Gasteiger partial charge in [-0.2, -0.15) is 0 Å². The molecule has 0 saturated carbocycles. The van der Waals surface area contributed by atoms with Crippen molar-refractivity contribution in [2.45, 2.75) is 38.9 Å². The van der Waals surface area contributed by atoms with Crippen LogP contribution in [0.4, 0.5) is 0 Å². The molecule has 0 radical (unpaired) electrons. The van der Waals surface area contributed by atoms with E-state index in [4.69, 9.17) is 33.2 Å². The van der Waals surface area contributed by atoms with Crippen LogP contribution in [0.25, 0.3) is 11.1 Å². The molecule has 1 aliphatic heterocycles. The van der Waals surface area contributed by atoms with E-state index in [1.54, 1.807) is 33.1 Å². The lowest BCUT2D eigenvalue weighted by Gasteiger charge is -2.41. The molecule has 4 rings (SSSR count). The molecule has 0 spiro atoms. The first-order valence-electron chi connectivity index (χ1n) is 11.6. The van der Waals surface area contributed by atoms with Crippen molar-refractivity contribution in [2.75, 3.05) is 35.2 Å². The molecule has 0 fully saturated rings. The Labute approximate surface area is 210 Å². The molecule has 0 unspecified atom stereocenters. The van der Waals surface area contributed by atoms with Gasteiger partial charge in [0.1, 0.15) is 5.60 Å². The Kier molecular flexibility index (Phi) is 6.95. The molecule has 9 nitrogen and oxygen atoms in total. The molecule has 1 N–H and O–H groups in total. The summed E-state index contributed by atoms with van der Waals surface area (Å²) in [5.74, 6) is 1.55. The van der Waals surface area contributed by atoms with Crippen LogP contribution in [0, 0.1) is 5.92 Å². The number of benzene rings is 2. The minimum atomic E-state index is -1.47. The van der Waals surface area contributed by atoms with Gasteiger partial charge in [0.25, 0.3) is 0 Å². The highest BCUT2D eigenvalue weighted by Crippen LogP contribution is 2.59. The fourth-order valence-electron chi connectivity index (χ4n) is 4.92. The zero-order valence-corrected chi connectivity index (χ0v) is 21.6. The van der Waals surface area contributed by atoms with E-state index in [-0.39, 0.29) is 12.7 Å². The summed E-state index contributed by atoms with van der Waals surface area (Å²) in [6, 6.07) is 3.59. The first-order valence-corrected chi connectivity index (χ1v) is 11.6. The highest BCUT2D eigenvalue weighted by molar-refractivity contribution is 5.89. The number of hydrogen-bond donors (Lipinski definition) is 1. The second kappa shape index (κ2) is 9.81. The third-order valence-corrected chi connectivity index (χ3v) is 6.89. The Hall–Kier alpha value is -3.59. The minimum absolute atomic E-state index is 0.0569. The third kappa shape index (κ3) is 3.97. The monoisotopic (exact) mass is 500 g/mol. The summed E-state index contributed by atoms with van der Waals surface area (Å²) in [4.78, 5) is 12.7. The molecule has 2 aromatic rings. The van der Waals surface area contributed by atoms with Crippen molar-refractivity contribution in [3.8, 4) is 45.6 Å². The lowest BCUT2D eigenvalue weighted by molar-refractivity contribution is -0.165. The van der Waals surface area contributed by atoms with Gasteiger partial charge in [-0.3, -0.25) is 0 Å². The first kappa shape index (κ1) is 25.5. The Morgan fingerprint density at radius 2 is 1.72 bits per heavy atom. The normalized spacial score (nSPS) is 22.2. The number of rotatable bonds is 6. The van der Waals surface area contributed by atoms with Crippen molar-refractivity contribution in [3.63, 3.8) is 0 Å². The Balaban J connectivity index is 2.17. The Bertz CT molecular complexity index is 1200. The van der Waals surface area contributed by atoms with Crippen LogP contribution in [0.5, 0.6) is 34.5 Å². The van der Waals surface area contributed by atoms with Crippen LogP contribution in [0.2, 0.25) is 0 Å². The van der Waals surface area contributed by atoms with Gasteiger partial charge in [0.05, 0.1) is 28.4 Å². The number of hydrogen-bond acceptors (Lipinski definition) is 9. The summed E-state index contributed by atoms with van der Waals surface area (Å²) in [6.45, 7) is 5.34. The molecular formula is C27H32O9. The predicted octanol–water partition coefficient (Wildman–Crippen LogP) is 4.22. The number of methoxy groups -OCH3 is 4. The maximum atomic E-state index is 12.7. The SMILES string of the molecule is CC=CC(=O)O[C@@H]1c2cc(OC)c(OC)c(OC)c2-c2c(cc3c(c2OC)OCO3)C[C@@H](C)[C@@]1(C)O. The van der Waals surface area contributed by atoms with Crippen molar-refractivity contribution in [2.24, 2.45) is 5.92 Å². The number of aliphatic hydroxyl groups is 1. The van der Waals surface area contributed by atoms with Gasteiger partial charge in [-0.25, -0.2) is 4.79 Å². The highest BCUT2D eigenvalue weighted by atomic mass is 16.7. The fraction of sp³-hybridized carbons (Fsp3) is 0.444. The largest absolute Gasteiger partial charge is 0.493 e. The van der Waals surface area contributed by atoms with Gasteiger partial charge in [0.15, 0.2) is 29.1 Å². The maximum absolute atomic E-state index is 12.7. The summed E-state index contributed by atoms with van der Waals surface area (Å²) in [5, 5.41) is 11.9. The fourth-order valence-corrected chi connectivity index (χ4v) is 4.92. The average Bonchev–Trinajstić information content (AvgIpc) is 3.33. The van der Waals surface area contributed by atoms with Crippen LogP contribution in [0.15, 0.2) is 24.3 Å². The van der Waals surface area contributed by atoms with Gasteiger partial charge >= 0.3 is 5.97 Å². The number of esters is 1. The Morgan fingerprint density at radius 3 is 2.33 bits per heavy atom. The zero-order valence-electron chi connectivity index (χ0n) is 21.6. The standard InChI is InChI=1S/C27H32O9/c1-8-9-19(28)36-26-16-12-17(30-4)22(31-5)25(33-7)21(16)20-15(10-14(2)27(26,3)29)11-18-23(24(20)32-6)35-13-34-18/h8-9,11-12,14,26,29H,10,13H2,1-7H3/t14-,26-,27-/m1/s1. The summed E-state index contributed by atoms with van der Waals surface area (Å²) < 4.78 is 40.4. The van der Waals surface area contributed by atoms with E-state index in [0.29, 0.717) is 57.6 Å².